The molecule has 12 heavy (non-hydrogen) atoms. The molecule has 0 aromatic rings. The number of ether oxygens (including phenoxy) is 2. The van der Waals surface area contributed by atoms with Crippen molar-refractivity contribution in [1.29, 1.82) is 0 Å². The predicted octanol–water partition coefficient (Wildman–Crippen LogP) is -3.86. The highest BCUT2D eigenvalue weighted by molar-refractivity contribution is 4.85. The van der Waals surface area contributed by atoms with Crippen LogP contribution in [0.15, 0.2) is 0 Å². The molecule has 2 saturated heterocycles. The van der Waals surface area contributed by atoms with Crippen molar-refractivity contribution in [1.82, 2.24) is 0 Å². The van der Waals surface area contributed by atoms with E-state index in [4.69, 9.17) is 9.47 Å². The Morgan fingerprint density at radius 2 is 1.83 bits per heavy atom. The summed E-state index contributed by atoms with van der Waals surface area (Å²) in [6.07, 6.45) is 0. The van der Waals surface area contributed by atoms with Gasteiger partial charge in [-0.05, 0) is 0 Å². The van der Waals surface area contributed by atoms with Crippen molar-refractivity contribution in [3.05, 3.63) is 0 Å². The Morgan fingerprint density at radius 3 is 2.17 bits per heavy atom. The molecule has 2 aliphatic heterocycles. The third-order valence-corrected chi connectivity index (χ3v) is 2.93. The van der Waals surface area contributed by atoms with Crippen molar-refractivity contribution in [2.24, 2.45) is 0 Å². The van der Waals surface area contributed by atoms with Crippen molar-refractivity contribution in [3.8, 4) is 0 Å². The van der Waals surface area contributed by atoms with Gasteiger partial charge in [0.15, 0.2) is 19.0 Å². The molecule has 0 radical (unpaired) electrons. The second kappa shape index (κ2) is 3.38. The van der Waals surface area contributed by atoms with Gasteiger partial charge in [0, 0.05) is 0 Å². The Labute approximate surface area is 89.1 Å². The first-order chi connectivity index (χ1) is 5.22. The molecule has 0 amide bonds. The van der Waals surface area contributed by atoms with E-state index in [9.17, 15) is 5.11 Å². The molecule has 0 aromatic heterocycles. The van der Waals surface area contributed by atoms with Crippen LogP contribution in [0, 0.1) is 0 Å². The van der Waals surface area contributed by atoms with Crippen molar-refractivity contribution in [2.75, 3.05) is 40.3 Å². The zero-order valence-corrected chi connectivity index (χ0v) is 9.28. The number of fused-ring (bicyclic) bond motifs is 1. The highest BCUT2D eigenvalue weighted by Gasteiger charge is 2.57. The molecule has 0 atom stereocenters. The van der Waals surface area contributed by atoms with E-state index >= 15 is 0 Å². The van der Waals surface area contributed by atoms with Gasteiger partial charge in [-0.15, -0.1) is 0 Å². The Bertz CT molecular complexity index is 166. The summed E-state index contributed by atoms with van der Waals surface area (Å²) in [6, 6.07) is 0. The van der Waals surface area contributed by atoms with Crippen LogP contribution in [0.4, 0.5) is 0 Å². The van der Waals surface area contributed by atoms with Gasteiger partial charge < -0.3 is 38.6 Å². The van der Waals surface area contributed by atoms with Gasteiger partial charge in [-0.1, -0.05) is 0 Å². The summed E-state index contributed by atoms with van der Waals surface area (Å²) in [7, 11) is 2.07. The van der Waals surface area contributed by atoms with Gasteiger partial charge in [0.05, 0.1) is 7.05 Å². The van der Waals surface area contributed by atoms with Gasteiger partial charge in [0.1, 0.15) is 19.8 Å². The smallest absolute Gasteiger partial charge is 0.185 e. The van der Waals surface area contributed by atoms with E-state index in [0.717, 1.165) is 0 Å². The van der Waals surface area contributed by atoms with Crippen LogP contribution < -0.4 is 24.0 Å². The average molecular weight is 287 g/mol. The standard InChI is InChI=1S/C7H14NO3.HI/c1-8-5-10-3-7(8,2-9)4-11-6-8;/h9H,2-6H2,1H3;1H/q+1;/p-1. The van der Waals surface area contributed by atoms with Crippen molar-refractivity contribution in [2.45, 2.75) is 5.54 Å². The molecule has 4 nitrogen and oxygen atoms in total. The van der Waals surface area contributed by atoms with Crippen molar-refractivity contribution >= 4 is 0 Å². The van der Waals surface area contributed by atoms with Crippen LogP contribution in [0.5, 0.6) is 0 Å². The summed E-state index contributed by atoms with van der Waals surface area (Å²) < 4.78 is 11.4. The summed E-state index contributed by atoms with van der Waals surface area (Å²) in [4.78, 5) is 0. The van der Waals surface area contributed by atoms with E-state index in [1.807, 2.05) is 0 Å². The monoisotopic (exact) mass is 287 g/mol. The SMILES string of the molecule is C[N+]12COCC1(CO)COC2.[I-]. The Hall–Kier alpha value is 0.570. The van der Waals surface area contributed by atoms with Crippen LogP contribution >= 0.6 is 0 Å². The van der Waals surface area contributed by atoms with E-state index in [1.54, 1.807) is 0 Å². The predicted molar refractivity (Wildman–Crippen MR) is 37.6 cm³/mol. The fourth-order valence-corrected chi connectivity index (χ4v) is 1.80. The Kier molecular flexibility index (Phi) is 3.00. The maximum atomic E-state index is 9.22. The molecule has 0 unspecified atom stereocenters. The van der Waals surface area contributed by atoms with Gasteiger partial charge in [0.2, 0.25) is 0 Å². The fraction of sp³-hybridized carbons (Fsp3) is 1.00. The summed E-state index contributed by atoms with van der Waals surface area (Å²) in [5, 5.41) is 9.22. The third-order valence-electron chi connectivity index (χ3n) is 2.93. The molecule has 0 spiro atoms. The van der Waals surface area contributed by atoms with Crippen LogP contribution in [-0.2, 0) is 9.47 Å². The first-order valence-electron chi connectivity index (χ1n) is 3.83. The summed E-state index contributed by atoms with van der Waals surface area (Å²) in [5.41, 5.74) is -0.167. The number of halogens is 1. The van der Waals surface area contributed by atoms with Crippen molar-refractivity contribution in [3.63, 3.8) is 0 Å². The average Bonchev–Trinajstić information content (AvgIpc) is 2.41. The van der Waals surface area contributed by atoms with Gasteiger partial charge in [-0.3, -0.25) is 4.48 Å². The fourth-order valence-electron chi connectivity index (χ4n) is 1.80. The maximum Gasteiger partial charge on any atom is 0.185 e. The molecule has 2 heterocycles. The van der Waals surface area contributed by atoms with Gasteiger partial charge in [-0.25, -0.2) is 0 Å². The molecule has 2 fully saturated rings. The zero-order chi connectivity index (χ0) is 7.95. The number of hydrogen-bond donors (Lipinski definition) is 1. The zero-order valence-electron chi connectivity index (χ0n) is 7.12. The number of hydrogen-bond acceptors (Lipinski definition) is 3. The van der Waals surface area contributed by atoms with Crippen LogP contribution in [-0.4, -0.2) is 55.5 Å². The number of nitrogens with zero attached hydrogens (tertiary/aromatic N) is 1. The minimum Gasteiger partial charge on any atom is -1.00 e. The molecule has 1 N–H and O–H groups in total. The quantitative estimate of drug-likeness (QED) is 0.396. The molecule has 0 aliphatic carbocycles. The molecule has 5 heteroatoms. The maximum absolute atomic E-state index is 9.22. The molecule has 0 saturated carbocycles. The largest absolute Gasteiger partial charge is 1.00 e. The minimum absolute atomic E-state index is 0. The normalized spacial score (nSPS) is 45.5. The molecular formula is C7H14INO3. The van der Waals surface area contributed by atoms with Gasteiger partial charge in [-0.2, -0.15) is 0 Å². The van der Waals surface area contributed by atoms with Crippen LogP contribution in [0.25, 0.3) is 0 Å². The summed E-state index contributed by atoms with van der Waals surface area (Å²) >= 11 is 0. The molecule has 2 aliphatic rings. The second-order valence-corrected chi connectivity index (χ2v) is 3.73. The van der Waals surface area contributed by atoms with Crippen molar-refractivity contribution < 1.29 is 43.0 Å². The van der Waals surface area contributed by atoms with Crippen LogP contribution in [0.1, 0.15) is 0 Å². The molecular weight excluding hydrogens is 273 g/mol. The lowest BCUT2D eigenvalue weighted by Crippen LogP contribution is -3.00. The summed E-state index contributed by atoms with van der Waals surface area (Å²) in [5.74, 6) is 0. The molecule has 0 bridgehead atoms. The molecule has 0 aromatic carbocycles. The number of quaternary nitrogens is 1. The first kappa shape index (κ1) is 10.6. The van der Waals surface area contributed by atoms with E-state index < -0.39 is 0 Å². The number of rotatable bonds is 1. The lowest BCUT2D eigenvalue weighted by atomic mass is 10.0. The van der Waals surface area contributed by atoms with Gasteiger partial charge >= 0.3 is 0 Å². The first-order valence-corrected chi connectivity index (χ1v) is 3.83. The van der Waals surface area contributed by atoms with E-state index in [0.29, 0.717) is 31.2 Å². The second-order valence-electron chi connectivity index (χ2n) is 3.73. The molecule has 72 valence electrons. The van der Waals surface area contributed by atoms with E-state index in [-0.39, 0.29) is 36.1 Å². The third kappa shape index (κ3) is 1.19. The van der Waals surface area contributed by atoms with E-state index in [1.165, 1.54) is 0 Å². The van der Waals surface area contributed by atoms with E-state index in [2.05, 4.69) is 7.05 Å². The number of aliphatic hydroxyl groups is 1. The number of aliphatic hydroxyl groups excluding tert-OH is 1. The van der Waals surface area contributed by atoms with Crippen LogP contribution in [0.2, 0.25) is 0 Å². The lowest BCUT2D eigenvalue weighted by Gasteiger charge is -2.33. The topological polar surface area (TPSA) is 38.7 Å². The highest BCUT2D eigenvalue weighted by atomic mass is 127. The summed E-state index contributed by atoms with van der Waals surface area (Å²) in [6.45, 7) is 2.74. The van der Waals surface area contributed by atoms with Crippen LogP contribution in [0.3, 0.4) is 0 Å². The van der Waals surface area contributed by atoms with Gasteiger partial charge in [0.25, 0.3) is 0 Å². The Balaban J connectivity index is 0.000000720. The Morgan fingerprint density at radius 1 is 1.33 bits per heavy atom. The highest BCUT2D eigenvalue weighted by Crippen LogP contribution is 2.34. The molecule has 2 rings (SSSR count). The number of likely N-dealkylation sites (N-methyl/N-ethyl adjacent to an activating group) is 1. The minimum atomic E-state index is -0.167. The lowest BCUT2D eigenvalue weighted by molar-refractivity contribution is -0.946.